The first-order valence-corrected chi connectivity index (χ1v) is 3.21. The third-order valence-electron chi connectivity index (χ3n) is 1.69. The maximum atomic E-state index is 2.20. The van der Waals surface area contributed by atoms with Gasteiger partial charge in [-0.2, -0.15) is 0 Å². The van der Waals surface area contributed by atoms with Gasteiger partial charge in [0.25, 0.3) is 0 Å². The maximum absolute atomic E-state index is 2.20. The fourth-order valence-electron chi connectivity index (χ4n) is 1.20. The quantitative estimate of drug-likeness (QED) is 0.398. The van der Waals surface area contributed by atoms with E-state index in [1.54, 1.807) is 0 Å². The summed E-state index contributed by atoms with van der Waals surface area (Å²) in [5, 5.41) is 0. The van der Waals surface area contributed by atoms with Gasteiger partial charge in [-0.1, -0.05) is 36.4 Å². The number of allylic oxidation sites excluding steroid dienone is 1. The minimum atomic E-state index is 0. The molecule has 0 spiro atoms. The van der Waals surface area contributed by atoms with Crippen LogP contribution < -0.4 is 18.9 Å². The van der Waals surface area contributed by atoms with Gasteiger partial charge < -0.3 is 0 Å². The SMILES string of the molecule is C1=Cc2ccccc2C1.[Li+]. The summed E-state index contributed by atoms with van der Waals surface area (Å²) in [5.41, 5.74) is 2.84. The minimum Gasteiger partial charge on any atom is -0.0795 e. The summed E-state index contributed by atoms with van der Waals surface area (Å²) in [6.07, 6.45) is 5.50. The van der Waals surface area contributed by atoms with Gasteiger partial charge in [-0.05, 0) is 17.5 Å². The average molecular weight is 123 g/mol. The van der Waals surface area contributed by atoms with Crippen molar-refractivity contribution in [3.8, 4) is 0 Å². The van der Waals surface area contributed by atoms with Gasteiger partial charge in [0.1, 0.15) is 0 Å². The summed E-state index contributed by atoms with van der Waals surface area (Å²) >= 11 is 0. The Hall–Kier alpha value is -0.443. The molecule has 0 N–H and O–H groups in total. The molecule has 0 fully saturated rings. The van der Waals surface area contributed by atoms with E-state index in [1.807, 2.05) is 0 Å². The molecule has 1 aromatic carbocycles. The van der Waals surface area contributed by atoms with Gasteiger partial charge >= 0.3 is 18.9 Å². The summed E-state index contributed by atoms with van der Waals surface area (Å²) in [5.74, 6) is 0. The molecule has 0 atom stereocenters. The van der Waals surface area contributed by atoms with Crippen molar-refractivity contribution in [1.82, 2.24) is 0 Å². The molecule has 0 saturated heterocycles. The molecule has 0 aromatic heterocycles. The van der Waals surface area contributed by atoms with E-state index in [-0.39, 0.29) is 18.9 Å². The Kier molecular flexibility index (Phi) is 2.37. The fraction of sp³-hybridized carbons (Fsp3) is 0.111. The van der Waals surface area contributed by atoms with Crippen molar-refractivity contribution in [2.24, 2.45) is 0 Å². The summed E-state index contributed by atoms with van der Waals surface area (Å²) < 4.78 is 0. The van der Waals surface area contributed by atoms with Crippen LogP contribution in [0, 0.1) is 0 Å². The molecule has 0 amide bonds. The van der Waals surface area contributed by atoms with E-state index in [0.717, 1.165) is 6.42 Å². The van der Waals surface area contributed by atoms with Crippen LogP contribution in [0.15, 0.2) is 30.3 Å². The molecule has 0 unspecified atom stereocenters. The zero-order valence-electron chi connectivity index (χ0n) is 6.17. The minimum absolute atomic E-state index is 0. The average Bonchev–Trinajstić information content (AvgIpc) is 2.33. The van der Waals surface area contributed by atoms with Crippen molar-refractivity contribution in [3.05, 3.63) is 41.5 Å². The van der Waals surface area contributed by atoms with Crippen LogP contribution in [-0.4, -0.2) is 0 Å². The van der Waals surface area contributed by atoms with Gasteiger partial charge in [0.2, 0.25) is 0 Å². The molecular weight excluding hydrogens is 115 g/mol. The van der Waals surface area contributed by atoms with E-state index in [4.69, 9.17) is 0 Å². The van der Waals surface area contributed by atoms with Crippen molar-refractivity contribution in [1.29, 1.82) is 0 Å². The third-order valence-corrected chi connectivity index (χ3v) is 1.69. The smallest absolute Gasteiger partial charge is 0.0795 e. The van der Waals surface area contributed by atoms with Crippen LogP contribution in [0.3, 0.4) is 0 Å². The number of benzene rings is 1. The van der Waals surface area contributed by atoms with E-state index in [2.05, 4.69) is 36.4 Å². The van der Waals surface area contributed by atoms with E-state index >= 15 is 0 Å². The third kappa shape index (κ3) is 1.19. The molecule has 0 nitrogen and oxygen atoms in total. The second-order valence-corrected chi connectivity index (χ2v) is 2.31. The standard InChI is InChI=1S/C9H8.Li/c1-2-5-9-7-3-6-8(9)4-1;/h1-6H,7H2;/q;+1. The Morgan fingerprint density at radius 2 is 1.90 bits per heavy atom. The van der Waals surface area contributed by atoms with E-state index in [1.165, 1.54) is 11.1 Å². The Labute approximate surface area is 73.1 Å². The Morgan fingerprint density at radius 3 is 2.70 bits per heavy atom. The summed E-state index contributed by atoms with van der Waals surface area (Å²) in [6, 6.07) is 8.49. The normalized spacial score (nSPS) is 12.4. The van der Waals surface area contributed by atoms with Crippen LogP contribution in [0.4, 0.5) is 0 Å². The molecule has 0 saturated carbocycles. The van der Waals surface area contributed by atoms with Crippen LogP contribution in [0.25, 0.3) is 6.08 Å². The zero-order chi connectivity index (χ0) is 6.10. The number of hydrogen-bond donors (Lipinski definition) is 0. The van der Waals surface area contributed by atoms with Crippen LogP contribution in [0.1, 0.15) is 11.1 Å². The topological polar surface area (TPSA) is 0 Å². The fourth-order valence-corrected chi connectivity index (χ4v) is 1.20. The van der Waals surface area contributed by atoms with Crippen LogP contribution in [0.5, 0.6) is 0 Å². The number of hydrogen-bond acceptors (Lipinski definition) is 0. The van der Waals surface area contributed by atoms with Gasteiger partial charge in [0.05, 0.1) is 0 Å². The largest absolute Gasteiger partial charge is 1.00 e. The molecule has 0 heterocycles. The first-order valence-electron chi connectivity index (χ1n) is 3.21. The zero-order valence-corrected chi connectivity index (χ0v) is 6.17. The number of fused-ring (bicyclic) bond motifs is 1. The van der Waals surface area contributed by atoms with Crippen molar-refractivity contribution < 1.29 is 18.9 Å². The molecule has 0 bridgehead atoms. The summed E-state index contributed by atoms with van der Waals surface area (Å²) in [4.78, 5) is 0. The predicted octanol–water partition coefficient (Wildman–Crippen LogP) is -0.740. The van der Waals surface area contributed by atoms with Crippen molar-refractivity contribution in [2.45, 2.75) is 6.42 Å². The summed E-state index contributed by atoms with van der Waals surface area (Å²) in [6.45, 7) is 0. The van der Waals surface area contributed by atoms with Crippen molar-refractivity contribution >= 4 is 6.08 Å². The van der Waals surface area contributed by atoms with Gasteiger partial charge in [0.15, 0.2) is 0 Å². The van der Waals surface area contributed by atoms with Crippen LogP contribution >= 0.6 is 0 Å². The second-order valence-electron chi connectivity index (χ2n) is 2.31. The molecule has 1 aliphatic carbocycles. The predicted molar refractivity (Wildman–Crippen MR) is 39.2 cm³/mol. The second kappa shape index (κ2) is 3.10. The van der Waals surface area contributed by atoms with E-state index in [0.29, 0.717) is 0 Å². The Balaban J connectivity index is 0.000000500. The van der Waals surface area contributed by atoms with Crippen LogP contribution in [0.2, 0.25) is 0 Å². The summed E-state index contributed by atoms with van der Waals surface area (Å²) in [7, 11) is 0. The molecule has 1 heteroatoms. The van der Waals surface area contributed by atoms with Crippen LogP contribution in [-0.2, 0) is 6.42 Å². The Morgan fingerprint density at radius 1 is 1.10 bits per heavy atom. The monoisotopic (exact) mass is 123 g/mol. The molecule has 10 heavy (non-hydrogen) atoms. The maximum Gasteiger partial charge on any atom is 1.00 e. The van der Waals surface area contributed by atoms with E-state index < -0.39 is 0 Å². The molecule has 1 aromatic rings. The van der Waals surface area contributed by atoms with Crippen molar-refractivity contribution in [3.63, 3.8) is 0 Å². The van der Waals surface area contributed by atoms with E-state index in [9.17, 15) is 0 Å². The molecule has 0 aliphatic heterocycles. The van der Waals surface area contributed by atoms with Gasteiger partial charge in [-0.3, -0.25) is 0 Å². The van der Waals surface area contributed by atoms with Crippen molar-refractivity contribution in [2.75, 3.05) is 0 Å². The van der Waals surface area contributed by atoms with Gasteiger partial charge in [0, 0.05) is 0 Å². The first kappa shape index (κ1) is 7.66. The van der Waals surface area contributed by atoms with Gasteiger partial charge in [-0.25, -0.2) is 0 Å². The molecule has 44 valence electrons. The first-order chi connectivity index (χ1) is 4.47. The molecule has 2 rings (SSSR count). The van der Waals surface area contributed by atoms with Gasteiger partial charge in [-0.15, -0.1) is 0 Å². The molecule has 0 radical (unpaired) electrons. The Bertz CT molecular complexity index is 251. The molecule has 1 aliphatic rings. The number of rotatable bonds is 0. The molecular formula is C9H8Li+.